The molecule has 5 heteroatoms. The van der Waals surface area contributed by atoms with E-state index < -0.39 is 0 Å². The minimum absolute atomic E-state index is 0.0745. The van der Waals surface area contributed by atoms with Gasteiger partial charge in [-0.2, -0.15) is 0 Å². The summed E-state index contributed by atoms with van der Waals surface area (Å²) in [6.07, 6.45) is 2.02. The number of nitrogens with two attached hydrogens (primary N) is 1. The Morgan fingerprint density at radius 2 is 2.20 bits per heavy atom. The molecule has 0 spiro atoms. The molecular formula is C15H22N2O3. The second kappa shape index (κ2) is 7.26. The van der Waals surface area contributed by atoms with Crippen LogP contribution in [0.2, 0.25) is 0 Å². The summed E-state index contributed by atoms with van der Waals surface area (Å²) >= 11 is 0. The Morgan fingerprint density at radius 3 is 2.90 bits per heavy atom. The molecule has 5 nitrogen and oxygen atoms in total. The molecule has 0 aliphatic carbocycles. The first kappa shape index (κ1) is 14.8. The van der Waals surface area contributed by atoms with E-state index in [-0.39, 0.29) is 12.5 Å². The molecule has 0 radical (unpaired) electrons. The number of rotatable bonds is 5. The lowest BCUT2D eigenvalue weighted by Gasteiger charge is -2.21. The molecule has 1 saturated heterocycles. The third-order valence-electron chi connectivity index (χ3n) is 3.49. The van der Waals surface area contributed by atoms with E-state index in [2.05, 4.69) is 5.32 Å². The second-order valence-electron chi connectivity index (χ2n) is 5.19. The fourth-order valence-electron chi connectivity index (χ4n) is 2.15. The average Bonchev–Trinajstić information content (AvgIpc) is 2.44. The highest BCUT2D eigenvalue weighted by Crippen LogP contribution is 2.17. The predicted octanol–water partition coefficient (Wildman–Crippen LogP) is 1.96. The van der Waals surface area contributed by atoms with Crippen molar-refractivity contribution in [3.8, 4) is 0 Å². The molecule has 1 aromatic rings. The highest BCUT2D eigenvalue weighted by molar-refractivity contribution is 5.92. The van der Waals surface area contributed by atoms with Gasteiger partial charge in [0.05, 0.1) is 6.61 Å². The average molecular weight is 278 g/mol. The molecule has 1 aromatic carbocycles. The minimum atomic E-state index is -0.152. The lowest BCUT2D eigenvalue weighted by molar-refractivity contribution is -0.121. The van der Waals surface area contributed by atoms with E-state index in [1.807, 2.05) is 19.1 Å². The zero-order chi connectivity index (χ0) is 14.4. The van der Waals surface area contributed by atoms with Crippen molar-refractivity contribution in [2.24, 2.45) is 5.92 Å². The Balaban J connectivity index is 1.70. The van der Waals surface area contributed by atoms with Crippen LogP contribution in [0.3, 0.4) is 0 Å². The summed E-state index contributed by atoms with van der Waals surface area (Å²) in [5.74, 6) is 0.354. The van der Waals surface area contributed by atoms with E-state index in [1.54, 1.807) is 6.07 Å². The van der Waals surface area contributed by atoms with Crippen LogP contribution in [0.15, 0.2) is 18.2 Å². The lowest BCUT2D eigenvalue weighted by Crippen LogP contribution is -2.24. The Labute approximate surface area is 119 Å². The van der Waals surface area contributed by atoms with Crippen molar-refractivity contribution in [3.63, 3.8) is 0 Å². The maximum Gasteiger partial charge on any atom is 0.250 e. The molecule has 20 heavy (non-hydrogen) atoms. The first-order valence-electron chi connectivity index (χ1n) is 6.96. The molecule has 0 atom stereocenters. The van der Waals surface area contributed by atoms with Gasteiger partial charge < -0.3 is 20.5 Å². The van der Waals surface area contributed by atoms with Crippen molar-refractivity contribution in [2.45, 2.75) is 19.8 Å². The van der Waals surface area contributed by atoms with Gasteiger partial charge in [-0.1, -0.05) is 6.07 Å². The van der Waals surface area contributed by atoms with E-state index in [0.29, 0.717) is 23.9 Å². The fraction of sp³-hybridized carbons (Fsp3) is 0.533. The quantitative estimate of drug-likeness (QED) is 0.807. The van der Waals surface area contributed by atoms with Gasteiger partial charge in [-0.15, -0.1) is 0 Å². The molecule has 1 fully saturated rings. The SMILES string of the molecule is Cc1ccc(NC(=O)COCC2CCOCC2)cc1N. The van der Waals surface area contributed by atoms with Gasteiger partial charge in [-0.05, 0) is 43.4 Å². The van der Waals surface area contributed by atoms with Gasteiger partial charge >= 0.3 is 0 Å². The first-order chi connectivity index (χ1) is 9.65. The second-order valence-corrected chi connectivity index (χ2v) is 5.19. The van der Waals surface area contributed by atoms with Crippen molar-refractivity contribution in [1.82, 2.24) is 0 Å². The van der Waals surface area contributed by atoms with Gasteiger partial charge in [0.2, 0.25) is 5.91 Å². The van der Waals surface area contributed by atoms with Crippen LogP contribution in [0, 0.1) is 12.8 Å². The van der Waals surface area contributed by atoms with Gasteiger partial charge in [-0.3, -0.25) is 4.79 Å². The number of amides is 1. The number of benzene rings is 1. The van der Waals surface area contributed by atoms with Crippen molar-refractivity contribution in [2.75, 3.05) is 37.5 Å². The molecule has 1 aliphatic rings. The highest BCUT2D eigenvalue weighted by atomic mass is 16.5. The first-order valence-corrected chi connectivity index (χ1v) is 6.96. The van der Waals surface area contributed by atoms with Crippen LogP contribution >= 0.6 is 0 Å². The molecular weight excluding hydrogens is 256 g/mol. The van der Waals surface area contributed by atoms with Crippen LogP contribution in [0.4, 0.5) is 11.4 Å². The Morgan fingerprint density at radius 1 is 1.45 bits per heavy atom. The molecule has 110 valence electrons. The number of anilines is 2. The molecule has 0 saturated carbocycles. The van der Waals surface area contributed by atoms with E-state index in [1.165, 1.54) is 0 Å². The van der Waals surface area contributed by atoms with Crippen LogP contribution < -0.4 is 11.1 Å². The molecule has 1 heterocycles. The van der Waals surface area contributed by atoms with Crippen LogP contribution in [-0.4, -0.2) is 32.3 Å². The molecule has 3 N–H and O–H groups in total. The largest absolute Gasteiger partial charge is 0.398 e. The zero-order valence-electron chi connectivity index (χ0n) is 11.9. The standard InChI is InChI=1S/C15H22N2O3/c1-11-2-3-13(8-14(11)16)17-15(18)10-20-9-12-4-6-19-7-5-12/h2-3,8,12H,4-7,9-10,16H2,1H3,(H,17,18). The molecule has 1 aliphatic heterocycles. The number of hydrogen-bond acceptors (Lipinski definition) is 4. The maximum atomic E-state index is 11.7. The normalized spacial score (nSPS) is 16.1. The number of carbonyl (C=O) groups excluding carboxylic acids is 1. The Hall–Kier alpha value is -1.59. The summed E-state index contributed by atoms with van der Waals surface area (Å²) in [4.78, 5) is 11.7. The molecule has 2 rings (SSSR count). The summed E-state index contributed by atoms with van der Waals surface area (Å²) in [7, 11) is 0. The van der Waals surface area contributed by atoms with E-state index >= 15 is 0 Å². The summed E-state index contributed by atoms with van der Waals surface area (Å²) in [6, 6.07) is 5.47. The van der Waals surface area contributed by atoms with Crippen molar-refractivity contribution < 1.29 is 14.3 Å². The minimum Gasteiger partial charge on any atom is -0.398 e. The van der Waals surface area contributed by atoms with Gasteiger partial charge in [-0.25, -0.2) is 0 Å². The lowest BCUT2D eigenvalue weighted by atomic mass is 10.0. The number of hydrogen-bond donors (Lipinski definition) is 2. The number of carbonyl (C=O) groups is 1. The van der Waals surface area contributed by atoms with Gasteiger partial charge in [0.25, 0.3) is 0 Å². The van der Waals surface area contributed by atoms with Crippen LogP contribution in [0.5, 0.6) is 0 Å². The van der Waals surface area contributed by atoms with Crippen molar-refractivity contribution >= 4 is 17.3 Å². The van der Waals surface area contributed by atoms with Gasteiger partial charge in [0, 0.05) is 24.6 Å². The molecule has 0 aromatic heterocycles. The number of nitrogen functional groups attached to an aromatic ring is 1. The molecule has 0 unspecified atom stereocenters. The third-order valence-corrected chi connectivity index (χ3v) is 3.49. The number of nitrogens with one attached hydrogen (secondary N) is 1. The van der Waals surface area contributed by atoms with Crippen LogP contribution in [0.1, 0.15) is 18.4 Å². The van der Waals surface area contributed by atoms with Crippen molar-refractivity contribution in [1.29, 1.82) is 0 Å². The summed E-state index contributed by atoms with van der Waals surface area (Å²) in [6.45, 7) is 4.21. The smallest absolute Gasteiger partial charge is 0.250 e. The van der Waals surface area contributed by atoms with Crippen LogP contribution in [-0.2, 0) is 14.3 Å². The van der Waals surface area contributed by atoms with Gasteiger partial charge in [0.15, 0.2) is 0 Å². The topological polar surface area (TPSA) is 73.6 Å². The summed E-state index contributed by atoms with van der Waals surface area (Å²) < 4.78 is 10.7. The fourth-order valence-corrected chi connectivity index (χ4v) is 2.15. The molecule has 1 amide bonds. The summed E-state index contributed by atoms with van der Waals surface area (Å²) in [5, 5.41) is 2.78. The third kappa shape index (κ3) is 4.51. The van der Waals surface area contributed by atoms with Crippen LogP contribution in [0.25, 0.3) is 0 Å². The number of aryl methyl sites for hydroxylation is 1. The monoisotopic (exact) mass is 278 g/mol. The Kier molecular flexibility index (Phi) is 5.38. The Bertz CT molecular complexity index is 456. The molecule has 0 bridgehead atoms. The van der Waals surface area contributed by atoms with E-state index in [9.17, 15) is 4.79 Å². The van der Waals surface area contributed by atoms with E-state index in [4.69, 9.17) is 15.2 Å². The maximum absolute atomic E-state index is 11.7. The zero-order valence-corrected chi connectivity index (χ0v) is 11.9. The summed E-state index contributed by atoms with van der Waals surface area (Å²) in [5.41, 5.74) is 8.17. The number of ether oxygens (including phenoxy) is 2. The van der Waals surface area contributed by atoms with Gasteiger partial charge in [0.1, 0.15) is 6.61 Å². The van der Waals surface area contributed by atoms with Crippen molar-refractivity contribution in [3.05, 3.63) is 23.8 Å². The predicted molar refractivity (Wildman–Crippen MR) is 78.6 cm³/mol. The highest BCUT2D eigenvalue weighted by Gasteiger charge is 2.14. The van der Waals surface area contributed by atoms with E-state index in [0.717, 1.165) is 31.6 Å².